The SMILES string of the molecule is CNC(=O)COc1ccc(S(=O)(=O)N2CCOCC2)cc1Cl. The van der Waals surface area contributed by atoms with E-state index in [9.17, 15) is 13.2 Å². The van der Waals surface area contributed by atoms with Gasteiger partial charge in [-0.15, -0.1) is 0 Å². The quantitative estimate of drug-likeness (QED) is 0.837. The lowest BCUT2D eigenvalue weighted by atomic mass is 10.3. The molecule has 122 valence electrons. The second kappa shape index (κ2) is 7.28. The van der Waals surface area contributed by atoms with E-state index < -0.39 is 10.0 Å². The third-order valence-corrected chi connectivity index (χ3v) is 5.34. The number of carbonyl (C=O) groups is 1. The van der Waals surface area contributed by atoms with Gasteiger partial charge in [-0.2, -0.15) is 4.31 Å². The molecule has 1 heterocycles. The zero-order chi connectivity index (χ0) is 16.2. The summed E-state index contributed by atoms with van der Waals surface area (Å²) >= 11 is 6.04. The molecule has 0 spiro atoms. The Balaban J connectivity index is 2.15. The van der Waals surface area contributed by atoms with Gasteiger partial charge in [0.05, 0.1) is 23.1 Å². The van der Waals surface area contributed by atoms with Gasteiger partial charge in [0.1, 0.15) is 5.75 Å². The molecule has 1 fully saturated rings. The minimum Gasteiger partial charge on any atom is -0.482 e. The predicted octanol–water partition coefficient (Wildman–Crippen LogP) is 0.486. The number of carbonyl (C=O) groups excluding carboxylic acids is 1. The second-order valence-electron chi connectivity index (χ2n) is 4.57. The van der Waals surface area contributed by atoms with Crippen LogP contribution in [0.3, 0.4) is 0 Å². The highest BCUT2D eigenvalue weighted by Gasteiger charge is 2.26. The van der Waals surface area contributed by atoms with E-state index in [-0.39, 0.29) is 28.2 Å². The van der Waals surface area contributed by atoms with Crippen molar-refractivity contribution < 1.29 is 22.7 Å². The third kappa shape index (κ3) is 3.89. The fraction of sp³-hybridized carbons (Fsp3) is 0.462. The van der Waals surface area contributed by atoms with E-state index in [0.717, 1.165) is 0 Å². The lowest BCUT2D eigenvalue weighted by molar-refractivity contribution is -0.122. The summed E-state index contributed by atoms with van der Waals surface area (Å²) in [7, 11) is -2.11. The number of benzene rings is 1. The predicted molar refractivity (Wildman–Crippen MR) is 80.6 cm³/mol. The average molecular weight is 349 g/mol. The van der Waals surface area contributed by atoms with Crippen LogP contribution in [0.4, 0.5) is 0 Å². The van der Waals surface area contributed by atoms with Crippen molar-refractivity contribution in [2.45, 2.75) is 4.90 Å². The molecule has 0 radical (unpaired) electrons. The van der Waals surface area contributed by atoms with Crippen LogP contribution < -0.4 is 10.1 Å². The van der Waals surface area contributed by atoms with Gasteiger partial charge in [0.2, 0.25) is 10.0 Å². The molecule has 0 aromatic heterocycles. The lowest BCUT2D eigenvalue weighted by Gasteiger charge is -2.26. The highest BCUT2D eigenvalue weighted by atomic mass is 35.5. The average Bonchev–Trinajstić information content (AvgIpc) is 2.54. The van der Waals surface area contributed by atoms with Crippen LogP contribution >= 0.6 is 11.6 Å². The first-order valence-electron chi connectivity index (χ1n) is 6.66. The molecule has 2 rings (SSSR count). The molecule has 1 saturated heterocycles. The van der Waals surface area contributed by atoms with Crippen LogP contribution in [0.15, 0.2) is 23.1 Å². The molecule has 1 aromatic carbocycles. The number of ether oxygens (including phenoxy) is 2. The Bertz CT molecular complexity index is 644. The summed E-state index contributed by atoms with van der Waals surface area (Å²) in [5.41, 5.74) is 0. The van der Waals surface area contributed by atoms with Gasteiger partial charge in [0, 0.05) is 20.1 Å². The number of halogens is 1. The van der Waals surface area contributed by atoms with Gasteiger partial charge in [-0.05, 0) is 18.2 Å². The van der Waals surface area contributed by atoms with Crippen LogP contribution in [-0.2, 0) is 19.6 Å². The summed E-state index contributed by atoms with van der Waals surface area (Å²) < 4.78 is 36.7. The normalized spacial score (nSPS) is 16.3. The molecule has 1 aliphatic heterocycles. The summed E-state index contributed by atoms with van der Waals surface area (Å²) in [5, 5.41) is 2.55. The second-order valence-corrected chi connectivity index (χ2v) is 6.92. The van der Waals surface area contributed by atoms with Gasteiger partial charge < -0.3 is 14.8 Å². The van der Waals surface area contributed by atoms with Gasteiger partial charge in [-0.3, -0.25) is 4.79 Å². The number of morpholine rings is 1. The first kappa shape index (κ1) is 17.0. The van der Waals surface area contributed by atoms with Crippen LogP contribution in [0.25, 0.3) is 0 Å². The maximum Gasteiger partial charge on any atom is 0.257 e. The molecule has 0 aliphatic carbocycles. The fourth-order valence-corrected chi connectivity index (χ4v) is 3.65. The molecule has 1 aliphatic rings. The van der Waals surface area contributed by atoms with Crippen molar-refractivity contribution in [3.05, 3.63) is 23.2 Å². The highest BCUT2D eigenvalue weighted by Crippen LogP contribution is 2.29. The van der Waals surface area contributed by atoms with Crippen molar-refractivity contribution in [3.63, 3.8) is 0 Å². The molecule has 7 nitrogen and oxygen atoms in total. The van der Waals surface area contributed by atoms with Crippen LogP contribution in [0, 0.1) is 0 Å². The Kier molecular flexibility index (Phi) is 5.63. The minimum absolute atomic E-state index is 0.0895. The Morgan fingerprint density at radius 1 is 1.41 bits per heavy atom. The van der Waals surface area contributed by atoms with E-state index in [0.29, 0.717) is 26.3 Å². The Morgan fingerprint density at radius 2 is 2.09 bits per heavy atom. The Labute approximate surface area is 134 Å². The van der Waals surface area contributed by atoms with Crippen molar-refractivity contribution >= 4 is 27.5 Å². The molecule has 1 amide bonds. The van der Waals surface area contributed by atoms with Crippen molar-refractivity contribution in [1.82, 2.24) is 9.62 Å². The fourth-order valence-electron chi connectivity index (χ4n) is 1.91. The Morgan fingerprint density at radius 3 is 2.68 bits per heavy atom. The van der Waals surface area contributed by atoms with Gasteiger partial charge in [-0.25, -0.2) is 8.42 Å². The summed E-state index contributed by atoms with van der Waals surface area (Å²) in [6, 6.07) is 4.18. The van der Waals surface area contributed by atoms with Crippen molar-refractivity contribution in [2.24, 2.45) is 0 Å². The topological polar surface area (TPSA) is 84.9 Å². The van der Waals surface area contributed by atoms with E-state index in [1.54, 1.807) is 0 Å². The van der Waals surface area contributed by atoms with Crippen molar-refractivity contribution in [3.8, 4) is 5.75 Å². The molecule has 0 atom stereocenters. The summed E-state index contributed by atoms with van der Waals surface area (Å²) in [5.74, 6) is -0.0488. The number of likely N-dealkylation sites (N-methyl/N-ethyl adjacent to an activating group) is 1. The minimum atomic E-state index is -3.60. The number of nitrogens with one attached hydrogen (secondary N) is 1. The molecule has 1 aromatic rings. The molecule has 22 heavy (non-hydrogen) atoms. The van der Waals surface area contributed by atoms with Crippen molar-refractivity contribution in [1.29, 1.82) is 0 Å². The molecule has 0 bridgehead atoms. The summed E-state index contributed by atoms with van der Waals surface area (Å²) in [6.45, 7) is 1.19. The molecular formula is C13H17ClN2O5S. The smallest absolute Gasteiger partial charge is 0.257 e. The first-order valence-corrected chi connectivity index (χ1v) is 8.48. The summed E-state index contributed by atoms with van der Waals surface area (Å²) in [4.78, 5) is 11.2. The number of sulfonamides is 1. The van der Waals surface area contributed by atoms with E-state index in [1.165, 1.54) is 29.6 Å². The summed E-state index contributed by atoms with van der Waals surface area (Å²) in [6.07, 6.45) is 0. The van der Waals surface area contributed by atoms with Gasteiger partial charge in [-0.1, -0.05) is 11.6 Å². The highest BCUT2D eigenvalue weighted by molar-refractivity contribution is 7.89. The Hall–Kier alpha value is -1.35. The number of hydrogen-bond donors (Lipinski definition) is 1. The van der Waals surface area contributed by atoms with Crippen LogP contribution in [-0.4, -0.2) is 58.6 Å². The first-order chi connectivity index (χ1) is 10.4. The molecule has 0 saturated carbocycles. The number of rotatable bonds is 5. The molecule has 9 heteroatoms. The number of hydrogen-bond acceptors (Lipinski definition) is 5. The monoisotopic (exact) mass is 348 g/mol. The van der Waals surface area contributed by atoms with E-state index in [1.807, 2.05) is 0 Å². The molecule has 0 unspecified atom stereocenters. The standard InChI is InChI=1S/C13H17ClN2O5S/c1-15-13(17)9-21-12-3-2-10(8-11(12)14)22(18,19)16-4-6-20-7-5-16/h2-3,8H,4-7,9H2,1H3,(H,15,17). The van der Waals surface area contributed by atoms with Gasteiger partial charge in [0.25, 0.3) is 5.91 Å². The lowest BCUT2D eigenvalue weighted by Crippen LogP contribution is -2.40. The van der Waals surface area contributed by atoms with Gasteiger partial charge >= 0.3 is 0 Å². The van der Waals surface area contributed by atoms with Crippen LogP contribution in [0.2, 0.25) is 5.02 Å². The van der Waals surface area contributed by atoms with E-state index in [2.05, 4.69) is 5.32 Å². The van der Waals surface area contributed by atoms with E-state index >= 15 is 0 Å². The van der Waals surface area contributed by atoms with Crippen LogP contribution in [0.1, 0.15) is 0 Å². The van der Waals surface area contributed by atoms with E-state index in [4.69, 9.17) is 21.1 Å². The third-order valence-electron chi connectivity index (χ3n) is 3.15. The zero-order valence-corrected chi connectivity index (χ0v) is 13.6. The maximum absolute atomic E-state index is 12.5. The number of nitrogens with zero attached hydrogens (tertiary/aromatic N) is 1. The molecule has 1 N–H and O–H groups in total. The molecular weight excluding hydrogens is 332 g/mol. The largest absolute Gasteiger partial charge is 0.482 e. The maximum atomic E-state index is 12.5. The number of amides is 1. The van der Waals surface area contributed by atoms with Crippen molar-refractivity contribution in [2.75, 3.05) is 40.0 Å². The van der Waals surface area contributed by atoms with Gasteiger partial charge in [0.15, 0.2) is 6.61 Å². The zero-order valence-electron chi connectivity index (χ0n) is 12.0. The van der Waals surface area contributed by atoms with Crippen LogP contribution in [0.5, 0.6) is 5.75 Å².